The lowest BCUT2D eigenvalue weighted by Gasteiger charge is -2.13. The van der Waals surface area contributed by atoms with Crippen molar-refractivity contribution in [3.8, 4) is 5.75 Å². The number of aryl methyl sites for hydroxylation is 1. The second kappa shape index (κ2) is 10.4. The van der Waals surface area contributed by atoms with Gasteiger partial charge in [-0.15, -0.1) is 0 Å². The van der Waals surface area contributed by atoms with Crippen molar-refractivity contribution >= 4 is 58.2 Å². The number of carbonyl (C=O) groups is 3. The molecule has 1 fully saturated rings. The highest BCUT2D eigenvalue weighted by atomic mass is 35.5. The molecule has 0 saturated carbocycles. The second-order valence-corrected chi connectivity index (χ2v) is 9.20. The minimum Gasteiger partial charge on any atom is -0.486 e. The van der Waals surface area contributed by atoms with Crippen LogP contribution in [0.2, 0.25) is 10.0 Å². The fourth-order valence-corrected chi connectivity index (χ4v) is 4.31. The Morgan fingerprint density at radius 1 is 1.12 bits per heavy atom. The van der Waals surface area contributed by atoms with E-state index >= 15 is 0 Å². The Hall–Kier alpha value is -2.48. The van der Waals surface area contributed by atoms with Crippen molar-refractivity contribution < 1.29 is 23.9 Å². The SMILES string of the molecule is Cc1ccc(COc2c(Cl)cc(/C=C3/SC(=O)N(CC(=O)OC(C)C)C3=O)cc2Cl)cc1. The van der Waals surface area contributed by atoms with Crippen LogP contribution >= 0.6 is 35.0 Å². The van der Waals surface area contributed by atoms with Crippen LogP contribution in [-0.2, 0) is 20.9 Å². The Kier molecular flexibility index (Phi) is 7.87. The zero-order valence-electron chi connectivity index (χ0n) is 17.7. The molecule has 2 amide bonds. The molecular formula is C23H21Cl2NO5S. The maximum absolute atomic E-state index is 12.6. The largest absolute Gasteiger partial charge is 0.486 e. The molecule has 1 heterocycles. The van der Waals surface area contributed by atoms with Gasteiger partial charge >= 0.3 is 5.97 Å². The third-order valence-electron chi connectivity index (χ3n) is 4.35. The van der Waals surface area contributed by atoms with Crippen LogP contribution < -0.4 is 4.74 Å². The number of hydrogen-bond acceptors (Lipinski definition) is 6. The highest BCUT2D eigenvalue weighted by molar-refractivity contribution is 8.18. The van der Waals surface area contributed by atoms with Crippen molar-refractivity contribution in [2.45, 2.75) is 33.5 Å². The molecule has 0 N–H and O–H groups in total. The fourth-order valence-electron chi connectivity index (χ4n) is 2.86. The van der Waals surface area contributed by atoms with E-state index in [1.807, 2.05) is 31.2 Å². The number of esters is 1. The van der Waals surface area contributed by atoms with Gasteiger partial charge in [-0.25, -0.2) is 0 Å². The molecule has 0 atom stereocenters. The van der Waals surface area contributed by atoms with Gasteiger partial charge in [0, 0.05) is 0 Å². The molecule has 0 aromatic heterocycles. The zero-order chi connectivity index (χ0) is 23.4. The standard InChI is InChI=1S/C23H21Cl2NO5S/c1-13(2)31-20(27)11-26-22(28)19(32-23(26)29)10-16-8-17(24)21(18(25)9-16)30-12-15-6-4-14(3)5-7-15/h4-10,13H,11-12H2,1-3H3/b19-10+. The number of amides is 2. The van der Waals surface area contributed by atoms with Gasteiger partial charge < -0.3 is 9.47 Å². The first-order valence-electron chi connectivity index (χ1n) is 9.76. The number of nitrogens with zero attached hydrogens (tertiary/aromatic N) is 1. The van der Waals surface area contributed by atoms with Crippen LogP contribution in [0.1, 0.15) is 30.5 Å². The van der Waals surface area contributed by atoms with Crippen LogP contribution in [-0.4, -0.2) is 34.7 Å². The Morgan fingerprint density at radius 2 is 1.75 bits per heavy atom. The normalized spacial score (nSPS) is 15.1. The summed E-state index contributed by atoms with van der Waals surface area (Å²) in [5, 5.41) is 0.00315. The van der Waals surface area contributed by atoms with Gasteiger partial charge in [0.1, 0.15) is 13.2 Å². The third-order valence-corrected chi connectivity index (χ3v) is 5.82. The lowest BCUT2D eigenvalue weighted by molar-refractivity contribution is -0.149. The lowest BCUT2D eigenvalue weighted by Crippen LogP contribution is -2.35. The van der Waals surface area contributed by atoms with Gasteiger partial charge in [0.25, 0.3) is 11.1 Å². The molecule has 1 saturated heterocycles. The molecule has 1 aliphatic heterocycles. The minimum absolute atomic E-state index is 0.160. The number of thioether (sulfide) groups is 1. The van der Waals surface area contributed by atoms with Crippen LogP contribution in [0.4, 0.5) is 4.79 Å². The van der Waals surface area contributed by atoms with E-state index in [0.29, 0.717) is 17.9 Å². The maximum Gasteiger partial charge on any atom is 0.326 e. The highest BCUT2D eigenvalue weighted by Gasteiger charge is 2.36. The molecule has 9 heteroatoms. The molecule has 32 heavy (non-hydrogen) atoms. The molecule has 0 bridgehead atoms. The molecule has 2 aromatic carbocycles. The smallest absolute Gasteiger partial charge is 0.326 e. The van der Waals surface area contributed by atoms with Gasteiger partial charge in [-0.1, -0.05) is 53.0 Å². The van der Waals surface area contributed by atoms with Gasteiger partial charge in [0.05, 0.1) is 21.1 Å². The van der Waals surface area contributed by atoms with Gasteiger partial charge in [-0.2, -0.15) is 0 Å². The average Bonchev–Trinajstić information content (AvgIpc) is 2.95. The van der Waals surface area contributed by atoms with Crippen molar-refractivity contribution in [3.63, 3.8) is 0 Å². The lowest BCUT2D eigenvalue weighted by atomic mass is 10.1. The number of halogens is 2. The minimum atomic E-state index is -0.648. The van der Waals surface area contributed by atoms with E-state index < -0.39 is 23.7 Å². The van der Waals surface area contributed by atoms with Crippen LogP contribution in [0.15, 0.2) is 41.3 Å². The summed E-state index contributed by atoms with van der Waals surface area (Å²) in [5.41, 5.74) is 2.64. The van der Waals surface area contributed by atoms with Crippen LogP contribution in [0, 0.1) is 6.92 Å². The van der Waals surface area contributed by atoms with E-state index in [-0.39, 0.29) is 21.1 Å². The molecule has 1 aliphatic rings. The Balaban J connectivity index is 1.73. The Bertz CT molecular complexity index is 1060. The quantitative estimate of drug-likeness (QED) is 0.354. The third kappa shape index (κ3) is 6.06. The molecule has 0 radical (unpaired) electrons. The van der Waals surface area contributed by atoms with E-state index in [0.717, 1.165) is 27.8 Å². The summed E-state index contributed by atoms with van der Waals surface area (Å²) in [5.74, 6) is -0.895. The summed E-state index contributed by atoms with van der Waals surface area (Å²) in [7, 11) is 0. The number of imide groups is 1. The number of ether oxygens (including phenoxy) is 2. The average molecular weight is 494 g/mol. The molecule has 0 spiro atoms. The molecule has 0 aliphatic carbocycles. The monoisotopic (exact) mass is 493 g/mol. The van der Waals surface area contributed by atoms with Crippen LogP contribution in [0.25, 0.3) is 6.08 Å². The zero-order valence-corrected chi connectivity index (χ0v) is 20.0. The van der Waals surface area contributed by atoms with Crippen molar-refractivity contribution in [3.05, 3.63) is 68.0 Å². The molecule has 2 aromatic rings. The van der Waals surface area contributed by atoms with Gasteiger partial charge in [-0.05, 0) is 61.9 Å². The predicted octanol–water partition coefficient (Wildman–Crippen LogP) is 5.87. The number of hydrogen-bond donors (Lipinski definition) is 0. The van der Waals surface area contributed by atoms with Crippen molar-refractivity contribution in [1.82, 2.24) is 4.90 Å². The van der Waals surface area contributed by atoms with Gasteiger partial charge in [-0.3, -0.25) is 19.3 Å². The summed E-state index contributed by atoms with van der Waals surface area (Å²) >= 11 is 13.4. The van der Waals surface area contributed by atoms with Crippen molar-refractivity contribution in [2.24, 2.45) is 0 Å². The van der Waals surface area contributed by atoms with Gasteiger partial charge in [0.2, 0.25) is 0 Å². The summed E-state index contributed by atoms with van der Waals surface area (Å²) in [6.45, 7) is 5.24. The fraction of sp³-hybridized carbons (Fsp3) is 0.261. The van der Waals surface area contributed by atoms with E-state index in [1.54, 1.807) is 26.0 Å². The predicted molar refractivity (Wildman–Crippen MR) is 126 cm³/mol. The van der Waals surface area contributed by atoms with E-state index in [4.69, 9.17) is 32.7 Å². The second-order valence-electron chi connectivity index (χ2n) is 7.39. The number of carbonyl (C=O) groups excluding carboxylic acids is 3. The molecular weight excluding hydrogens is 473 g/mol. The summed E-state index contributed by atoms with van der Waals surface area (Å²) in [4.78, 5) is 37.6. The molecule has 168 valence electrons. The Labute approximate surface area is 200 Å². The summed E-state index contributed by atoms with van der Waals surface area (Å²) in [6, 6.07) is 11.1. The van der Waals surface area contributed by atoms with Gasteiger partial charge in [0.15, 0.2) is 5.75 Å². The van der Waals surface area contributed by atoms with Crippen molar-refractivity contribution in [2.75, 3.05) is 6.54 Å². The van der Waals surface area contributed by atoms with Crippen molar-refractivity contribution in [1.29, 1.82) is 0 Å². The molecule has 6 nitrogen and oxygen atoms in total. The first kappa shape index (κ1) is 24.2. The van der Waals surface area contributed by atoms with E-state index in [9.17, 15) is 14.4 Å². The van der Waals surface area contributed by atoms with E-state index in [1.165, 1.54) is 6.08 Å². The molecule has 0 unspecified atom stereocenters. The first-order valence-corrected chi connectivity index (χ1v) is 11.3. The highest BCUT2D eigenvalue weighted by Crippen LogP contribution is 2.37. The Morgan fingerprint density at radius 3 is 2.34 bits per heavy atom. The number of benzene rings is 2. The first-order chi connectivity index (χ1) is 15.1. The van der Waals surface area contributed by atoms with E-state index in [2.05, 4.69) is 0 Å². The van der Waals surface area contributed by atoms with Crippen LogP contribution in [0.3, 0.4) is 0 Å². The summed E-state index contributed by atoms with van der Waals surface area (Å²) < 4.78 is 10.8. The molecule has 3 rings (SSSR count). The topological polar surface area (TPSA) is 72.9 Å². The van der Waals surface area contributed by atoms with Crippen LogP contribution in [0.5, 0.6) is 5.75 Å². The summed E-state index contributed by atoms with van der Waals surface area (Å²) in [6.07, 6.45) is 1.16. The number of rotatable bonds is 7. The maximum atomic E-state index is 12.6.